The molecular formula is C13H16F3N3O4. The molecule has 1 saturated heterocycles. The number of nitrogens with zero attached hydrogens (tertiary/aromatic N) is 3. The van der Waals surface area contributed by atoms with Crippen molar-refractivity contribution >= 4 is 11.9 Å². The molecule has 2 heterocycles. The second kappa shape index (κ2) is 5.84. The second-order valence-electron chi connectivity index (χ2n) is 5.51. The predicted molar refractivity (Wildman–Crippen MR) is 70.2 cm³/mol. The number of aliphatic carboxylic acids is 1. The number of carbonyl (C=O) groups is 2. The Labute approximate surface area is 129 Å². The van der Waals surface area contributed by atoms with Crippen LogP contribution in [0.25, 0.3) is 0 Å². The highest BCUT2D eigenvalue weighted by molar-refractivity contribution is 5.87. The molecule has 2 N–H and O–H groups in total. The van der Waals surface area contributed by atoms with E-state index >= 15 is 0 Å². The van der Waals surface area contributed by atoms with E-state index in [9.17, 15) is 33.0 Å². The average Bonchev–Trinajstić information content (AvgIpc) is 2.91. The first-order valence-electron chi connectivity index (χ1n) is 6.79. The molecule has 128 valence electrons. The van der Waals surface area contributed by atoms with Crippen LogP contribution in [-0.4, -0.2) is 55.6 Å². The van der Waals surface area contributed by atoms with Crippen molar-refractivity contribution in [3.63, 3.8) is 0 Å². The Morgan fingerprint density at radius 3 is 2.57 bits per heavy atom. The molecule has 0 aliphatic carbocycles. The quantitative estimate of drug-likeness (QED) is 0.841. The molecule has 1 aliphatic heterocycles. The third kappa shape index (κ3) is 3.16. The fourth-order valence-corrected chi connectivity index (χ4v) is 2.71. The van der Waals surface area contributed by atoms with Gasteiger partial charge in [-0.1, -0.05) is 0 Å². The van der Waals surface area contributed by atoms with E-state index in [0.29, 0.717) is 11.3 Å². The van der Waals surface area contributed by atoms with Crippen molar-refractivity contribution in [3.8, 4) is 0 Å². The number of halogens is 3. The van der Waals surface area contributed by atoms with Crippen molar-refractivity contribution in [2.75, 3.05) is 6.54 Å². The first-order chi connectivity index (χ1) is 10.5. The van der Waals surface area contributed by atoms with E-state index in [0.717, 1.165) is 4.90 Å². The standard InChI is InChI=1S/C13H16F3N3O4/c1-6-8(4-17-18(6)2)11-7(12(22)23)3-10(21)19(11)5-9(20)13(14,15)16/h4,7,9,11,20H,3,5H2,1-2H3,(H,22,23)/t7-,9?,11-/m0/s1. The number of aromatic nitrogens is 2. The maximum absolute atomic E-state index is 12.6. The molecule has 1 unspecified atom stereocenters. The smallest absolute Gasteiger partial charge is 0.416 e. The largest absolute Gasteiger partial charge is 0.481 e. The van der Waals surface area contributed by atoms with Crippen molar-refractivity contribution in [3.05, 3.63) is 17.5 Å². The summed E-state index contributed by atoms with van der Waals surface area (Å²) >= 11 is 0. The van der Waals surface area contributed by atoms with Gasteiger partial charge in [0.15, 0.2) is 6.10 Å². The van der Waals surface area contributed by atoms with Crippen molar-refractivity contribution in [2.45, 2.75) is 31.7 Å². The number of hydrogen-bond donors (Lipinski definition) is 2. The number of carboxylic acids is 1. The third-order valence-corrected chi connectivity index (χ3v) is 4.09. The number of hydrogen-bond acceptors (Lipinski definition) is 4. The van der Waals surface area contributed by atoms with Gasteiger partial charge < -0.3 is 15.1 Å². The number of aliphatic hydroxyl groups is 1. The van der Waals surface area contributed by atoms with E-state index in [1.807, 2.05) is 0 Å². The first-order valence-corrected chi connectivity index (χ1v) is 6.79. The van der Waals surface area contributed by atoms with E-state index in [1.165, 1.54) is 10.9 Å². The van der Waals surface area contributed by atoms with Crippen LogP contribution in [0.4, 0.5) is 13.2 Å². The zero-order chi connectivity index (χ0) is 17.5. The lowest BCUT2D eigenvalue weighted by molar-refractivity contribution is -0.209. The van der Waals surface area contributed by atoms with Crippen LogP contribution < -0.4 is 0 Å². The lowest BCUT2D eigenvalue weighted by Crippen LogP contribution is -2.43. The Hall–Kier alpha value is -2.10. The van der Waals surface area contributed by atoms with Gasteiger partial charge in [-0.05, 0) is 6.92 Å². The maximum atomic E-state index is 12.6. The number of carbonyl (C=O) groups excluding carboxylic acids is 1. The SMILES string of the molecule is Cc1c([C@@H]2[C@@H](C(=O)O)CC(=O)N2CC(O)C(F)(F)F)cnn1C. The molecule has 1 amide bonds. The minimum atomic E-state index is -4.89. The summed E-state index contributed by atoms with van der Waals surface area (Å²) in [6, 6.07) is -1.09. The Morgan fingerprint density at radius 2 is 2.13 bits per heavy atom. The van der Waals surface area contributed by atoms with Crippen LogP contribution in [-0.2, 0) is 16.6 Å². The van der Waals surface area contributed by atoms with Crippen LogP contribution in [0, 0.1) is 12.8 Å². The average molecular weight is 335 g/mol. The summed E-state index contributed by atoms with van der Waals surface area (Å²) in [5, 5.41) is 22.5. The molecule has 0 bridgehead atoms. The molecule has 0 radical (unpaired) electrons. The summed E-state index contributed by atoms with van der Waals surface area (Å²) in [6.07, 6.45) is -6.71. The lowest BCUT2D eigenvalue weighted by atomic mass is 9.94. The van der Waals surface area contributed by atoms with Gasteiger partial charge in [-0.25, -0.2) is 0 Å². The van der Waals surface area contributed by atoms with Gasteiger partial charge in [-0.2, -0.15) is 18.3 Å². The van der Waals surface area contributed by atoms with Gasteiger partial charge in [0.25, 0.3) is 0 Å². The molecule has 1 aromatic rings. The van der Waals surface area contributed by atoms with E-state index in [2.05, 4.69) is 5.10 Å². The van der Waals surface area contributed by atoms with Crippen molar-refractivity contribution < 1.29 is 33.0 Å². The molecule has 1 fully saturated rings. The van der Waals surface area contributed by atoms with E-state index in [4.69, 9.17) is 0 Å². The van der Waals surface area contributed by atoms with Gasteiger partial charge in [-0.3, -0.25) is 14.3 Å². The molecule has 10 heteroatoms. The van der Waals surface area contributed by atoms with Crippen LogP contribution in [0.3, 0.4) is 0 Å². The van der Waals surface area contributed by atoms with Gasteiger partial charge in [0.05, 0.1) is 24.7 Å². The van der Waals surface area contributed by atoms with E-state index in [-0.39, 0.29) is 0 Å². The number of rotatable bonds is 4. The number of aryl methyl sites for hydroxylation is 1. The number of likely N-dealkylation sites (tertiary alicyclic amines) is 1. The molecule has 23 heavy (non-hydrogen) atoms. The van der Waals surface area contributed by atoms with Crippen LogP contribution in [0.2, 0.25) is 0 Å². The monoisotopic (exact) mass is 335 g/mol. The molecule has 2 rings (SSSR count). The highest BCUT2D eigenvalue weighted by Crippen LogP contribution is 2.40. The van der Waals surface area contributed by atoms with Gasteiger partial charge >= 0.3 is 12.1 Å². The van der Waals surface area contributed by atoms with Crippen LogP contribution in [0.15, 0.2) is 6.20 Å². The van der Waals surface area contributed by atoms with E-state index in [1.54, 1.807) is 14.0 Å². The van der Waals surface area contributed by atoms with Crippen LogP contribution >= 0.6 is 0 Å². The molecule has 0 spiro atoms. The topological polar surface area (TPSA) is 95.7 Å². The number of alkyl halides is 3. The lowest BCUT2D eigenvalue weighted by Gasteiger charge is -2.29. The summed E-state index contributed by atoms with van der Waals surface area (Å²) in [6.45, 7) is 0.619. The van der Waals surface area contributed by atoms with Gasteiger partial charge in [0.2, 0.25) is 5.91 Å². The highest BCUT2D eigenvalue weighted by atomic mass is 19.4. The fraction of sp³-hybridized carbons (Fsp3) is 0.615. The molecule has 1 aliphatic rings. The van der Waals surface area contributed by atoms with Gasteiger partial charge in [0, 0.05) is 24.7 Å². The number of β-amino-alcohol motifs (C(OH)–C–C–N with tert-alkyl or cyclic N) is 1. The van der Waals surface area contributed by atoms with Crippen LogP contribution in [0.5, 0.6) is 0 Å². The first kappa shape index (κ1) is 17.3. The minimum absolute atomic E-state index is 0.361. The second-order valence-corrected chi connectivity index (χ2v) is 5.51. The molecule has 7 nitrogen and oxygen atoms in total. The fourth-order valence-electron chi connectivity index (χ4n) is 2.71. The minimum Gasteiger partial charge on any atom is -0.481 e. The molecule has 0 saturated carbocycles. The molecule has 3 atom stereocenters. The number of carboxylic acid groups (broad SMARTS) is 1. The third-order valence-electron chi connectivity index (χ3n) is 4.09. The summed E-state index contributed by atoms with van der Waals surface area (Å²) in [5.41, 5.74) is 0.905. The van der Waals surface area contributed by atoms with Crippen molar-refractivity contribution in [1.29, 1.82) is 0 Å². The summed E-state index contributed by atoms with van der Waals surface area (Å²) in [7, 11) is 1.60. The van der Waals surface area contributed by atoms with Crippen molar-refractivity contribution in [1.82, 2.24) is 14.7 Å². The Morgan fingerprint density at radius 1 is 1.52 bits per heavy atom. The van der Waals surface area contributed by atoms with Gasteiger partial charge in [0.1, 0.15) is 0 Å². The van der Waals surface area contributed by atoms with E-state index < -0.39 is 49.1 Å². The summed E-state index contributed by atoms with van der Waals surface area (Å²) in [5.74, 6) is -3.21. The number of aliphatic hydroxyl groups excluding tert-OH is 1. The Balaban J connectivity index is 2.40. The normalized spacial score (nSPS) is 23.4. The van der Waals surface area contributed by atoms with Crippen molar-refractivity contribution in [2.24, 2.45) is 13.0 Å². The van der Waals surface area contributed by atoms with Crippen LogP contribution in [0.1, 0.15) is 23.7 Å². The maximum Gasteiger partial charge on any atom is 0.416 e. The summed E-state index contributed by atoms with van der Waals surface area (Å²) < 4.78 is 39.2. The zero-order valence-electron chi connectivity index (χ0n) is 12.4. The summed E-state index contributed by atoms with van der Waals surface area (Å²) in [4.78, 5) is 24.2. The number of amides is 1. The van der Waals surface area contributed by atoms with Gasteiger partial charge in [-0.15, -0.1) is 0 Å². The Kier molecular flexibility index (Phi) is 4.38. The Bertz CT molecular complexity index is 628. The molecular weight excluding hydrogens is 319 g/mol. The highest BCUT2D eigenvalue weighted by Gasteiger charge is 2.49. The zero-order valence-corrected chi connectivity index (χ0v) is 12.4. The molecule has 0 aromatic carbocycles. The predicted octanol–water partition coefficient (Wildman–Crippen LogP) is 0.626. The molecule has 1 aromatic heterocycles.